The van der Waals surface area contributed by atoms with Crippen LogP contribution in [-0.2, 0) is 11.3 Å². The molecule has 0 spiro atoms. The summed E-state index contributed by atoms with van der Waals surface area (Å²) in [6.45, 7) is 3.91. The smallest absolute Gasteiger partial charge is 0.246 e. The highest BCUT2D eigenvalue weighted by molar-refractivity contribution is 9.10. The summed E-state index contributed by atoms with van der Waals surface area (Å²) in [6.07, 6.45) is 0. The van der Waals surface area contributed by atoms with Crippen molar-refractivity contribution in [1.82, 2.24) is 15.5 Å². The molecule has 0 aliphatic carbocycles. The maximum absolute atomic E-state index is 11.4. The Kier molecular flexibility index (Phi) is 4.31. The second kappa shape index (κ2) is 5.97. The maximum Gasteiger partial charge on any atom is 0.246 e. The van der Waals surface area contributed by atoms with Crippen LogP contribution in [0, 0.1) is 5.92 Å². The average Bonchev–Trinajstić information content (AvgIpc) is 2.84. The summed E-state index contributed by atoms with van der Waals surface area (Å²) in [4.78, 5) is 15.7. The molecule has 2 rings (SSSR count). The Morgan fingerprint density at radius 3 is 2.95 bits per heavy atom. The van der Waals surface area contributed by atoms with Crippen LogP contribution in [0.3, 0.4) is 0 Å². The van der Waals surface area contributed by atoms with Gasteiger partial charge in [0.25, 0.3) is 0 Å². The van der Waals surface area contributed by atoms with Gasteiger partial charge in [-0.15, -0.1) is 0 Å². The van der Waals surface area contributed by atoms with Crippen molar-refractivity contribution >= 4 is 21.8 Å². The molecule has 6 heteroatoms. The fraction of sp³-hybridized carbons (Fsp3) is 0.308. The minimum absolute atomic E-state index is 0.0396. The molecule has 0 radical (unpaired) electrons. The number of halogens is 1. The first-order chi connectivity index (χ1) is 9.06. The van der Waals surface area contributed by atoms with Gasteiger partial charge in [-0.05, 0) is 12.1 Å². The van der Waals surface area contributed by atoms with Crippen LogP contribution in [0.2, 0.25) is 0 Å². The van der Waals surface area contributed by atoms with Crippen LogP contribution in [0.4, 0.5) is 0 Å². The zero-order valence-corrected chi connectivity index (χ0v) is 12.3. The topological polar surface area (TPSA) is 68.0 Å². The monoisotopic (exact) mass is 323 g/mol. The molecular weight excluding hydrogens is 310 g/mol. The third-order valence-corrected chi connectivity index (χ3v) is 2.98. The molecule has 1 heterocycles. The van der Waals surface area contributed by atoms with Crippen molar-refractivity contribution in [3.63, 3.8) is 0 Å². The number of nitrogens with one attached hydrogen (secondary N) is 1. The van der Waals surface area contributed by atoms with Gasteiger partial charge in [-0.25, -0.2) is 0 Å². The van der Waals surface area contributed by atoms with Crippen molar-refractivity contribution < 1.29 is 9.32 Å². The van der Waals surface area contributed by atoms with Crippen LogP contribution in [0.15, 0.2) is 33.3 Å². The molecule has 19 heavy (non-hydrogen) atoms. The van der Waals surface area contributed by atoms with Gasteiger partial charge in [0.2, 0.25) is 17.6 Å². The van der Waals surface area contributed by atoms with Gasteiger partial charge in [0.1, 0.15) is 0 Å². The molecule has 0 atom stereocenters. The molecule has 1 N–H and O–H groups in total. The second-order valence-electron chi connectivity index (χ2n) is 4.39. The Labute approximate surface area is 119 Å². The number of carbonyl (C=O) groups excluding carboxylic acids is 1. The predicted molar refractivity (Wildman–Crippen MR) is 74.1 cm³/mol. The highest BCUT2D eigenvalue weighted by Gasteiger charge is 2.11. The summed E-state index contributed by atoms with van der Waals surface area (Å²) >= 11 is 3.39. The first-order valence-electron chi connectivity index (χ1n) is 5.92. The van der Waals surface area contributed by atoms with Crippen molar-refractivity contribution in [3.05, 3.63) is 34.6 Å². The SMILES string of the molecule is CC(C)C(=O)NCc1nc(-c2cccc(Br)c2)no1. The molecule has 0 bridgehead atoms. The maximum atomic E-state index is 11.4. The normalized spacial score (nSPS) is 10.7. The fourth-order valence-electron chi connectivity index (χ4n) is 1.44. The first-order valence-corrected chi connectivity index (χ1v) is 6.72. The van der Waals surface area contributed by atoms with Crippen molar-refractivity contribution in [1.29, 1.82) is 0 Å². The number of carbonyl (C=O) groups is 1. The first kappa shape index (κ1) is 13.7. The van der Waals surface area contributed by atoms with E-state index in [0.717, 1.165) is 10.0 Å². The molecule has 1 aromatic carbocycles. The van der Waals surface area contributed by atoms with E-state index in [1.54, 1.807) is 0 Å². The average molecular weight is 324 g/mol. The molecule has 5 nitrogen and oxygen atoms in total. The lowest BCUT2D eigenvalue weighted by Gasteiger charge is -2.03. The Hall–Kier alpha value is -1.69. The van der Waals surface area contributed by atoms with Gasteiger partial charge in [-0.2, -0.15) is 4.98 Å². The van der Waals surface area contributed by atoms with Crippen molar-refractivity contribution in [2.45, 2.75) is 20.4 Å². The largest absolute Gasteiger partial charge is 0.347 e. The van der Waals surface area contributed by atoms with Gasteiger partial charge in [0.05, 0.1) is 6.54 Å². The summed E-state index contributed by atoms with van der Waals surface area (Å²) in [6, 6.07) is 7.62. The quantitative estimate of drug-likeness (QED) is 0.939. The third-order valence-electron chi connectivity index (χ3n) is 2.49. The lowest BCUT2D eigenvalue weighted by Crippen LogP contribution is -2.27. The molecule has 0 saturated heterocycles. The zero-order valence-electron chi connectivity index (χ0n) is 10.7. The summed E-state index contributed by atoms with van der Waals surface area (Å²) in [5.41, 5.74) is 0.861. The Morgan fingerprint density at radius 2 is 2.26 bits per heavy atom. The molecule has 0 fully saturated rings. The molecule has 1 amide bonds. The van der Waals surface area contributed by atoms with E-state index in [2.05, 4.69) is 31.4 Å². The van der Waals surface area contributed by atoms with Gasteiger partial charge in [0, 0.05) is 16.0 Å². The van der Waals surface area contributed by atoms with Gasteiger partial charge < -0.3 is 9.84 Å². The standard InChI is InChI=1S/C13H14BrN3O2/c1-8(2)13(18)15-7-11-16-12(17-19-11)9-4-3-5-10(14)6-9/h3-6,8H,7H2,1-2H3,(H,15,18). The molecule has 2 aromatic rings. The number of amides is 1. The van der Waals surface area contributed by atoms with Crippen LogP contribution in [-0.4, -0.2) is 16.0 Å². The molecule has 100 valence electrons. The third kappa shape index (κ3) is 3.64. The molecule has 0 aliphatic heterocycles. The van der Waals surface area contributed by atoms with E-state index >= 15 is 0 Å². The summed E-state index contributed by atoms with van der Waals surface area (Å²) in [5.74, 6) is 0.800. The lowest BCUT2D eigenvalue weighted by molar-refractivity contribution is -0.124. The van der Waals surface area contributed by atoms with E-state index in [1.807, 2.05) is 38.1 Å². The van der Waals surface area contributed by atoms with E-state index in [1.165, 1.54) is 0 Å². The van der Waals surface area contributed by atoms with Crippen LogP contribution in [0.5, 0.6) is 0 Å². The lowest BCUT2D eigenvalue weighted by atomic mass is 10.2. The number of hydrogen-bond donors (Lipinski definition) is 1. The summed E-state index contributed by atoms with van der Waals surface area (Å²) in [7, 11) is 0. The second-order valence-corrected chi connectivity index (χ2v) is 5.31. The van der Waals surface area contributed by atoms with Crippen molar-refractivity contribution in [2.24, 2.45) is 5.92 Å². The zero-order chi connectivity index (χ0) is 13.8. The summed E-state index contributed by atoms with van der Waals surface area (Å²) in [5, 5.41) is 6.62. The van der Waals surface area contributed by atoms with Gasteiger partial charge in [-0.3, -0.25) is 4.79 Å². The van der Waals surface area contributed by atoms with Gasteiger partial charge in [-0.1, -0.05) is 47.1 Å². The van der Waals surface area contributed by atoms with E-state index in [0.29, 0.717) is 11.7 Å². The molecule has 0 saturated carbocycles. The molecule has 0 unspecified atom stereocenters. The van der Waals surface area contributed by atoms with Crippen LogP contribution in [0.25, 0.3) is 11.4 Å². The number of nitrogens with zero attached hydrogens (tertiary/aromatic N) is 2. The van der Waals surface area contributed by atoms with E-state index < -0.39 is 0 Å². The number of aromatic nitrogens is 2. The Morgan fingerprint density at radius 1 is 1.47 bits per heavy atom. The van der Waals surface area contributed by atoms with Crippen LogP contribution < -0.4 is 5.32 Å². The minimum Gasteiger partial charge on any atom is -0.347 e. The minimum atomic E-state index is -0.0625. The highest BCUT2D eigenvalue weighted by atomic mass is 79.9. The Bertz CT molecular complexity index is 581. The fourth-order valence-corrected chi connectivity index (χ4v) is 1.84. The molecular formula is C13H14BrN3O2. The Balaban J connectivity index is 2.05. The van der Waals surface area contributed by atoms with E-state index in [9.17, 15) is 4.79 Å². The van der Waals surface area contributed by atoms with Crippen LogP contribution in [0.1, 0.15) is 19.7 Å². The van der Waals surface area contributed by atoms with Gasteiger partial charge in [0.15, 0.2) is 0 Å². The number of hydrogen-bond acceptors (Lipinski definition) is 4. The summed E-state index contributed by atoms with van der Waals surface area (Å²) < 4.78 is 6.05. The highest BCUT2D eigenvalue weighted by Crippen LogP contribution is 2.20. The van der Waals surface area contributed by atoms with E-state index in [-0.39, 0.29) is 18.4 Å². The number of benzene rings is 1. The molecule has 1 aromatic heterocycles. The van der Waals surface area contributed by atoms with Crippen molar-refractivity contribution in [2.75, 3.05) is 0 Å². The van der Waals surface area contributed by atoms with Gasteiger partial charge >= 0.3 is 0 Å². The molecule has 0 aliphatic rings. The number of rotatable bonds is 4. The van der Waals surface area contributed by atoms with Crippen molar-refractivity contribution in [3.8, 4) is 11.4 Å². The van der Waals surface area contributed by atoms with Crippen LogP contribution >= 0.6 is 15.9 Å². The van der Waals surface area contributed by atoms with E-state index in [4.69, 9.17) is 4.52 Å². The predicted octanol–water partition coefficient (Wildman–Crippen LogP) is 2.77.